The Balaban J connectivity index is 5.83. The monoisotopic (exact) mass is 320 g/mol. The van der Waals surface area contributed by atoms with Crippen molar-refractivity contribution in [2.45, 2.75) is 51.6 Å². The van der Waals surface area contributed by atoms with Crippen molar-refractivity contribution in [1.82, 2.24) is 0 Å². The maximum atomic E-state index is 12.1. The minimum Gasteiger partial charge on any atom is -0.394 e. The molecular formula is C14H24O8. The molecule has 22 heavy (non-hydrogen) atoms. The maximum absolute atomic E-state index is 12.1. The number of hydrogen-bond acceptors (Lipinski definition) is 8. The predicted octanol–water partition coefficient (Wildman–Crippen LogP) is -2.19. The minimum absolute atomic E-state index is 0.791. The molecule has 0 fully saturated rings. The van der Waals surface area contributed by atoms with Gasteiger partial charge in [0, 0.05) is 11.8 Å². The Morgan fingerprint density at radius 3 is 1.68 bits per heavy atom. The van der Waals surface area contributed by atoms with E-state index in [9.17, 15) is 34.8 Å². The summed E-state index contributed by atoms with van der Waals surface area (Å²) in [5.74, 6) is -5.32. The first-order valence-corrected chi connectivity index (χ1v) is 6.92. The minimum atomic E-state index is -3.10. The van der Waals surface area contributed by atoms with E-state index >= 15 is 0 Å². The van der Waals surface area contributed by atoms with E-state index in [-0.39, 0.29) is 0 Å². The standard InChI is InChI=1S/C14H24O8/c1-6(2)9(17)10(18)13(21)14(22,11(19)7(3)4)12(20)8(16)5-15/h6-8,12-13,15-16,20-22H,5H2,1-4H3/t8-,12-,13+,14+/m1/s1. The molecule has 0 unspecified atom stereocenters. The van der Waals surface area contributed by atoms with Crippen LogP contribution >= 0.6 is 0 Å². The van der Waals surface area contributed by atoms with Gasteiger partial charge < -0.3 is 25.5 Å². The number of aliphatic hydroxyl groups excluding tert-OH is 4. The zero-order valence-electron chi connectivity index (χ0n) is 13.1. The number of carbonyl (C=O) groups is 3. The second-order valence-electron chi connectivity index (χ2n) is 5.82. The van der Waals surface area contributed by atoms with Gasteiger partial charge in [-0.2, -0.15) is 0 Å². The van der Waals surface area contributed by atoms with E-state index in [1.807, 2.05) is 0 Å². The molecule has 5 N–H and O–H groups in total. The van der Waals surface area contributed by atoms with E-state index in [0.29, 0.717) is 0 Å². The average Bonchev–Trinajstić information content (AvgIpc) is 2.48. The molecule has 0 aromatic carbocycles. The third-order valence-electron chi connectivity index (χ3n) is 3.35. The van der Waals surface area contributed by atoms with Crippen molar-refractivity contribution in [3.05, 3.63) is 0 Å². The number of carbonyl (C=O) groups excluding carboxylic acids is 3. The van der Waals surface area contributed by atoms with Crippen molar-refractivity contribution >= 4 is 17.3 Å². The fourth-order valence-electron chi connectivity index (χ4n) is 1.92. The SMILES string of the molecule is CC(C)C(=O)C(=O)[C@H](O)[C@](O)(C(=O)C(C)C)[C@H](O)[C@H](O)CO. The lowest BCUT2D eigenvalue weighted by atomic mass is 9.76. The number of rotatable bonds is 9. The lowest BCUT2D eigenvalue weighted by Gasteiger charge is -2.37. The predicted molar refractivity (Wildman–Crippen MR) is 74.8 cm³/mol. The molecule has 128 valence electrons. The highest BCUT2D eigenvalue weighted by Crippen LogP contribution is 2.25. The number of aliphatic hydroxyl groups is 5. The smallest absolute Gasteiger partial charge is 0.230 e. The van der Waals surface area contributed by atoms with E-state index in [1.165, 1.54) is 27.7 Å². The first-order chi connectivity index (χ1) is 9.92. The summed E-state index contributed by atoms with van der Waals surface area (Å²) in [6.45, 7) is 4.43. The van der Waals surface area contributed by atoms with Gasteiger partial charge >= 0.3 is 0 Å². The van der Waals surface area contributed by atoms with Crippen LogP contribution in [-0.4, -0.2) is 73.4 Å². The Labute approximate surface area is 128 Å². The van der Waals surface area contributed by atoms with Crippen molar-refractivity contribution in [3.63, 3.8) is 0 Å². The van der Waals surface area contributed by atoms with Crippen molar-refractivity contribution in [3.8, 4) is 0 Å². The largest absolute Gasteiger partial charge is 0.394 e. The third kappa shape index (κ3) is 3.96. The molecule has 0 bridgehead atoms. The van der Waals surface area contributed by atoms with Crippen LogP contribution in [0.2, 0.25) is 0 Å². The van der Waals surface area contributed by atoms with E-state index < -0.39 is 59.7 Å². The molecule has 0 aliphatic rings. The first-order valence-electron chi connectivity index (χ1n) is 6.92. The van der Waals surface area contributed by atoms with Crippen molar-refractivity contribution in [1.29, 1.82) is 0 Å². The van der Waals surface area contributed by atoms with Gasteiger partial charge in [-0.15, -0.1) is 0 Å². The van der Waals surface area contributed by atoms with Gasteiger partial charge in [0.25, 0.3) is 0 Å². The van der Waals surface area contributed by atoms with E-state index in [1.54, 1.807) is 0 Å². The first kappa shape index (κ1) is 20.8. The molecule has 0 aromatic rings. The van der Waals surface area contributed by atoms with Gasteiger partial charge in [0.1, 0.15) is 12.2 Å². The maximum Gasteiger partial charge on any atom is 0.230 e. The quantitative estimate of drug-likeness (QED) is 0.300. The summed E-state index contributed by atoms with van der Waals surface area (Å²) in [4.78, 5) is 35.7. The molecule has 0 aliphatic carbocycles. The second-order valence-corrected chi connectivity index (χ2v) is 5.82. The lowest BCUT2D eigenvalue weighted by molar-refractivity contribution is -0.195. The Morgan fingerprint density at radius 1 is 0.909 bits per heavy atom. The zero-order valence-corrected chi connectivity index (χ0v) is 13.1. The van der Waals surface area contributed by atoms with Crippen LogP contribution in [0.5, 0.6) is 0 Å². The third-order valence-corrected chi connectivity index (χ3v) is 3.35. The topological polar surface area (TPSA) is 152 Å². The average molecular weight is 320 g/mol. The molecule has 0 saturated carbocycles. The van der Waals surface area contributed by atoms with Crippen LogP contribution in [0.1, 0.15) is 27.7 Å². The molecule has 0 spiro atoms. The molecule has 4 atom stereocenters. The molecule has 8 nitrogen and oxygen atoms in total. The molecule has 0 amide bonds. The molecule has 0 heterocycles. The number of hydrogen-bond donors (Lipinski definition) is 5. The summed E-state index contributed by atoms with van der Waals surface area (Å²) < 4.78 is 0. The lowest BCUT2D eigenvalue weighted by Crippen LogP contribution is -2.66. The van der Waals surface area contributed by atoms with Crippen LogP contribution in [-0.2, 0) is 14.4 Å². The van der Waals surface area contributed by atoms with Crippen LogP contribution in [0.15, 0.2) is 0 Å². The number of Topliss-reactive ketones (excluding diaryl/α,β-unsaturated/α-hetero) is 3. The summed E-state index contributed by atoms with van der Waals surface area (Å²) in [5, 5.41) is 48.6. The van der Waals surface area contributed by atoms with Gasteiger partial charge in [-0.1, -0.05) is 27.7 Å². The molecule has 0 rings (SSSR count). The summed E-state index contributed by atoms with van der Waals surface area (Å²) in [6.07, 6.45) is -6.87. The highest BCUT2D eigenvalue weighted by atomic mass is 16.4. The van der Waals surface area contributed by atoms with Gasteiger partial charge in [0.05, 0.1) is 6.61 Å². The molecule has 0 saturated heterocycles. The molecular weight excluding hydrogens is 296 g/mol. The zero-order chi connectivity index (χ0) is 17.8. The van der Waals surface area contributed by atoms with Gasteiger partial charge in [-0.3, -0.25) is 14.4 Å². The van der Waals surface area contributed by atoms with Gasteiger partial charge in [-0.25, -0.2) is 0 Å². The van der Waals surface area contributed by atoms with E-state index in [4.69, 9.17) is 5.11 Å². The highest BCUT2D eigenvalue weighted by Gasteiger charge is 2.55. The Kier molecular flexibility index (Phi) is 7.46. The van der Waals surface area contributed by atoms with E-state index in [2.05, 4.69) is 0 Å². The molecule has 0 radical (unpaired) electrons. The second kappa shape index (κ2) is 7.89. The summed E-state index contributed by atoms with van der Waals surface area (Å²) in [6, 6.07) is 0. The summed E-state index contributed by atoms with van der Waals surface area (Å²) >= 11 is 0. The highest BCUT2D eigenvalue weighted by molar-refractivity contribution is 6.40. The van der Waals surface area contributed by atoms with Gasteiger partial charge in [0.15, 0.2) is 17.5 Å². The summed E-state index contributed by atoms with van der Waals surface area (Å²) in [7, 11) is 0. The van der Waals surface area contributed by atoms with Gasteiger partial charge in [0.2, 0.25) is 11.6 Å². The fraction of sp³-hybridized carbons (Fsp3) is 0.786. The normalized spacial score (nSPS) is 18.7. The molecule has 0 aromatic heterocycles. The van der Waals surface area contributed by atoms with Crippen LogP contribution in [0, 0.1) is 11.8 Å². The van der Waals surface area contributed by atoms with Crippen LogP contribution < -0.4 is 0 Å². The van der Waals surface area contributed by atoms with Crippen molar-refractivity contribution in [2.75, 3.05) is 6.61 Å². The van der Waals surface area contributed by atoms with Crippen LogP contribution in [0.25, 0.3) is 0 Å². The van der Waals surface area contributed by atoms with Crippen molar-refractivity contribution < 1.29 is 39.9 Å². The Morgan fingerprint density at radius 2 is 1.36 bits per heavy atom. The summed E-state index contributed by atoms with van der Waals surface area (Å²) in [5.41, 5.74) is -3.10. The Bertz CT molecular complexity index is 431. The fourth-order valence-corrected chi connectivity index (χ4v) is 1.92. The molecule has 0 aliphatic heterocycles. The van der Waals surface area contributed by atoms with E-state index in [0.717, 1.165) is 0 Å². The van der Waals surface area contributed by atoms with Crippen LogP contribution in [0.3, 0.4) is 0 Å². The van der Waals surface area contributed by atoms with Crippen molar-refractivity contribution in [2.24, 2.45) is 11.8 Å². The van der Waals surface area contributed by atoms with Crippen LogP contribution in [0.4, 0.5) is 0 Å². The number of ketones is 3. The van der Waals surface area contributed by atoms with Gasteiger partial charge in [-0.05, 0) is 0 Å². The molecule has 8 heteroatoms. The Hall–Kier alpha value is -1.19.